The number of fused-ring (bicyclic) bond motifs is 1. The van der Waals surface area contributed by atoms with Gasteiger partial charge in [0.15, 0.2) is 0 Å². The van der Waals surface area contributed by atoms with Crippen LogP contribution in [0.5, 0.6) is 0 Å². The number of hydrogen-bond donors (Lipinski definition) is 1. The van der Waals surface area contributed by atoms with Crippen LogP contribution in [-0.4, -0.2) is 29.3 Å². The molecule has 1 N–H and O–H groups in total. The third-order valence-corrected chi connectivity index (χ3v) is 3.54. The molecule has 0 spiro atoms. The van der Waals surface area contributed by atoms with Crippen molar-refractivity contribution in [3.05, 3.63) is 35.4 Å². The number of hydrogen-bond acceptors (Lipinski definition) is 3. The lowest BCUT2D eigenvalue weighted by Gasteiger charge is -2.25. The predicted molar refractivity (Wildman–Crippen MR) is 66.2 cm³/mol. The summed E-state index contributed by atoms with van der Waals surface area (Å²) in [5.41, 5.74) is 2.26. The average molecular weight is 231 g/mol. The molecule has 1 heterocycles. The number of ether oxygens (including phenoxy) is 1. The van der Waals surface area contributed by atoms with Crippen LogP contribution in [0.3, 0.4) is 0 Å². The molecule has 1 aliphatic heterocycles. The standard InChI is InChI=1S/C14H17NO2/c1-9-3-2-4-10(7-9)14-15-12-8-11(16)5-6-13(12)17-14/h2-4,7,11-13,16H,5-6,8H2,1H3. The normalized spacial score (nSPS) is 31.6. The van der Waals surface area contributed by atoms with Gasteiger partial charge in [-0.1, -0.05) is 17.7 Å². The molecule has 3 nitrogen and oxygen atoms in total. The van der Waals surface area contributed by atoms with Crippen molar-refractivity contribution in [2.45, 2.75) is 44.4 Å². The summed E-state index contributed by atoms with van der Waals surface area (Å²) < 4.78 is 5.89. The van der Waals surface area contributed by atoms with Crippen LogP contribution in [0.4, 0.5) is 0 Å². The monoisotopic (exact) mass is 231 g/mol. The van der Waals surface area contributed by atoms with Crippen molar-refractivity contribution in [2.75, 3.05) is 0 Å². The molecule has 3 atom stereocenters. The lowest BCUT2D eigenvalue weighted by Crippen LogP contribution is -2.33. The van der Waals surface area contributed by atoms with E-state index in [0.29, 0.717) is 0 Å². The van der Waals surface area contributed by atoms with E-state index < -0.39 is 0 Å². The van der Waals surface area contributed by atoms with Crippen molar-refractivity contribution in [2.24, 2.45) is 4.99 Å². The van der Waals surface area contributed by atoms with E-state index >= 15 is 0 Å². The zero-order chi connectivity index (χ0) is 11.8. The first-order valence-corrected chi connectivity index (χ1v) is 6.22. The first-order valence-electron chi connectivity index (χ1n) is 6.22. The van der Waals surface area contributed by atoms with E-state index in [1.807, 2.05) is 12.1 Å². The van der Waals surface area contributed by atoms with Crippen LogP contribution in [0.2, 0.25) is 0 Å². The molecule has 2 aliphatic rings. The summed E-state index contributed by atoms with van der Waals surface area (Å²) in [5, 5.41) is 9.63. The minimum Gasteiger partial charge on any atom is -0.472 e. The summed E-state index contributed by atoms with van der Waals surface area (Å²) in [6.07, 6.45) is 2.44. The van der Waals surface area contributed by atoms with Crippen molar-refractivity contribution in [3.63, 3.8) is 0 Å². The van der Waals surface area contributed by atoms with E-state index in [9.17, 15) is 5.11 Å². The number of aliphatic imine (C=N–C) groups is 1. The molecule has 1 aromatic carbocycles. The minimum absolute atomic E-state index is 0.147. The Bertz CT molecular complexity index is 455. The average Bonchev–Trinajstić information content (AvgIpc) is 2.72. The maximum Gasteiger partial charge on any atom is 0.216 e. The van der Waals surface area contributed by atoms with Gasteiger partial charge < -0.3 is 9.84 Å². The minimum atomic E-state index is -0.208. The Morgan fingerprint density at radius 3 is 3.06 bits per heavy atom. The van der Waals surface area contributed by atoms with Crippen LogP contribution < -0.4 is 0 Å². The first kappa shape index (κ1) is 10.8. The SMILES string of the molecule is Cc1cccc(C2=NC3CC(O)CCC3O2)c1. The number of rotatable bonds is 1. The molecular weight excluding hydrogens is 214 g/mol. The van der Waals surface area contributed by atoms with Crippen LogP contribution in [0.15, 0.2) is 29.3 Å². The molecule has 3 heteroatoms. The highest BCUT2D eigenvalue weighted by Crippen LogP contribution is 2.30. The third kappa shape index (κ3) is 2.07. The quantitative estimate of drug-likeness (QED) is 0.803. The lowest BCUT2D eigenvalue weighted by molar-refractivity contribution is 0.0625. The second kappa shape index (κ2) is 4.15. The van der Waals surface area contributed by atoms with Gasteiger partial charge in [0.2, 0.25) is 5.90 Å². The molecular formula is C14H17NO2. The van der Waals surface area contributed by atoms with Gasteiger partial charge in [0.1, 0.15) is 6.10 Å². The van der Waals surface area contributed by atoms with E-state index in [4.69, 9.17) is 4.74 Å². The highest BCUT2D eigenvalue weighted by molar-refractivity contribution is 5.95. The lowest BCUT2D eigenvalue weighted by atomic mass is 9.91. The summed E-state index contributed by atoms with van der Waals surface area (Å²) in [4.78, 5) is 4.61. The van der Waals surface area contributed by atoms with E-state index in [1.165, 1.54) is 5.56 Å². The summed E-state index contributed by atoms with van der Waals surface area (Å²) in [5.74, 6) is 0.748. The maximum atomic E-state index is 9.63. The fraction of sp³-hybridized carbons (Fsp3) is 0.500. The van der Waals surface area contributed by atoms with Crippen molar-refractivity contribution in [1.82, 2.24) is 0 Å². The van der Waals surface area contributed by atoms with Gasteiger partial charge in [0, 0.05) is 5.56 Å². The molecule has 0 saturated heterocycles. The number of benzene rings is 1. The van der Waals surface area contributed by atoms with Crippen LogP contribution in [0, 0.1) is 6.92 Å². The molecule has 3 rings (SSSR count). The Hall–Kier alpha value is -1.35. The van der Waals surface area contributed by atoms with Crippen LogP contribution in [0.25, 0.3) is 0 Å². The summed E-state index contributed by atoms with van der Waals surface area (Å²) in [6.45, 7) is 2.07. The highest BCUT2D eigenvalue weighted by Gasteiger charge is 2.36. The van der Waals surface area contributed by atoms with Crippen molar-refractivity contribution < 1.29 is 9.84 Å². The summed E-state index contributed by atoms with van der Waals surface area (Å²) in [6, 6.07) is 8.35. The van der Waals surface area contributed by atoms with E-state index in [0.717, 1.165) is 30.7 Å². The molecule has 1 aromatic rings. The Morgan fingerprint density at radius 1 is 1.35 bits per heavy atom. The number of aryl methyl sites for hydroxylation is 1. The van der Waals surface area contributed by atoms with Gasteiger partial charge in [0.25, 0.3) is 0 Å². The number of aliphatic hydroxyl groups excluding tert-OH is 1. The fourth-order valence-corrected chi connectivity index (χ4v) is 2.62. The van der Waals surface area contributed by atoms with Gasteiger partial charge in [-0.05, 0) is 38.3 Å². The molecule has 17 heavy (non-hydrogen) atoms. The van der Waals surface area contributed by atoms with Gasteiger partial charge in [-0.3, -0.25) is 0 Å². The molecule has 1 fully saturated rings. The third-order valence-electron chi connectivity index (χ3n) is 3.54. The van der Waals surface area contributed by atoms with E-state index in [-0.39, 0.29) is 18.2 Å². The van der Waals surface area contributed by atoms with Gasteiger partial charge in [-0.15, -0.1) is 0 Å². The zero-order valence-electron chi connectivity index (χ0n) is 9.97. The molecule has 0 amide bonds. The summed E-state index contributed by atoms with van der Waals surface area (Å²) >= 11 is 0. The largest absolute Gasteiger partial charge is 0.472 e. The first-order chi connectivity index (χ1) is 8.22. The van der Waals surface area contributed by atoms with Gasteiger partial charge in [0.05, 0.1) is 12.1 Å². The molecule has 0 aromatic heterocycles. The van der Waals surface area contributed by atoms with Crippen LogP contribution in [0.1, 0.15) is 30.4 Å². The number of aliphatic hydroxyl groups is 1. The van der Waals surface area contributed by atoms with Crippen molar-refractivity contribution in [1.29, 1.82) is 0 Å². The molecule has 1 saturated carbocycles. The molecule has 0 radical (unpaired) electrons. The summed E-state index contributed by atoms with van der Waals surface area (Å²) in [7, 11) is 0. The molecule has 0 bridgehead atoms. The van der Waals surface area contributed by atoms with Gasteiger partial charge >= 0.3 is 0 Å². The van der Waals surface area contributed by atoms with Crippen LogP contribution >= 0.6 is 0 Å². The fourth-order valence-electron chi connectivity index (χ4n) is 2.62. The van der Waals surface area contributed by atoms with Crippen molar-refractivity contribution >= 4 is 5.90 Å². The van der Waals surface area contributed by atoms with Crippen LogP contribution in [-0.2, 0) is 4.74 Å². The molecule has 3 unspecified atom stereocenters. The predicted octanol–water partition coefficient (Wildman–Crippen LogP) is 2.05. The number of nitrogens with zero attached hydrogens (tertiary/aromatic N) is 1. The topological polar surface area (TPSA) is 41.8 Å². The Kier molecular flexibility index (Phi) is 2.63. The second-order valence-corrected chi connectivity index (χ2v) is 4.99. The van der Waals surface area contributed by atoms with Gasteiger partial charge in [-0.25, -0.2) is 4.99 Å². The second-order valence-electron chi connectivity index (χ2n) is 4.99. The highest BCUT2D eigenvalue weighted by atomic mass is 16.5. The maximum absolute atomic E-state index is 9.63. The molecule has 90 valence electrons. The Balaban J connectivity index is 1.84. The van der Waals surface area contributed by atoms with E-state index in [2.05, 4.69) is 24.0 Å². The van der Waals surface area contributed by atoms with E-state index in [1.54, 1.807) is 0 Å². The van der Waals surface area contributed by atoms with Gasteiger partial charge in [-0.2, -0.15) is 0 Å². The smallest absolute Gasteiger partial charge is 0.216 e. The van der Waals surface area contributed by atoms with Crippen molar-refractivity contribution in [3.8, 4) is 0 Å². The Morgan fingerprint density at radius 2 is 2.24 bits per heavy atom. The Labute approximate surface area is 101 Å². The molecule has 1 aliphatic carbocycles. The zero-order valence-corrected chi connectivity index (χ0v) is 9.97.